The fourth-order valence-corrected chi connectivity index (χ4v) is 4.85. The Hall–Kier alpha value is -3.92. The van der Waals surface area contributed by atoms with Gasteiger partial charge >= 0.3 is 11.9 Å². The molecular formula is C24H22N2O8. The summed E-state index contributed by atoms with van der Waals surface area (Å²) in [5.41, 5.74) is -1.74. The number of nitrogens with one attached hydrogen (secondary N) is 1. The van der Waals surface area contributed by atoms with Gasteiger partial charge in [0.2, 0.25) is 5.54 Å². The van der Waals surface area contributed by atoms with Crippen LogP contribution >= 0.6 is 0 Å². The lowest BCUT2D eigenvalue weighted by Crippen LogP contribution is -2.62. The molecule has 0 radical (unpaired) electrons. The number of carbonyl (C=O) groups is 4. The van der Waals surface area contributed by atoms with Crippen molar-refractivity contribution in [2.24, 2.45) is 11.8 Å². The first-order valence-electron chi connectivity index (χ1n) is 10.8. The van der Waals surface area contributed by atoms with E-state index in [1.807, 2.05) is 0 Å². The molecule has 2 aliphatic rings. The molecule has 0 saturated carbocycles. The molecule has 1 fully saturated rings. The molecule has 0 amide bonds. The third-order valence-corrected chi connectivity index (χ3v) is 6.27. The molecule has 1 saturated heterocycles. The van der Waals surface area contributed by atoms with Gasteiger partial charge in [-0.2, -0.15) is 0 Å². The van der Waals surface area contributed by atoms with Crippen molar-refractivity contribution >= 4 is 29.2 Å². The number of nitro groups is 1. The lowest BCUT2D eigenvalue weighted by atomic mass is 9.66. The minimum Gasteiger partial charge on any atom is -0.464 e. The number of ether oxygens (including phenoxy) is 2. The largest absolute Gasteiger partial charge is 0.464 e. The van der Waals surface area contributed by atoms with E-state index < -0.39 is 51.8 Å². The molecule has 10 heteroatoms. The molecule has 34 heavy (non-hydrogen) atoms. The first kappa shape index (κ1) is 23.2. The van der Waals surface area contributed by atoms with Gasteiger partial charge in [-0.05, 0) is 19.4 Å². The normalized spacial score (nSPS) is 22.5. The van der Waals surface area contributed by atoms with Gasteiger partial charge < -0.3 is 9.47 Å². The van der Waals surface area contributed by atoms with Crippen molar-refractivity contribution in [1.29, 1.82) is 0 Å². The summed E-state index contributed by atoms with van der Waals surface area (Å²) in [7, 11) is 0. The van der Waals surface area contributed by atoms with Gasteiger partial charge in [-0.15, -0.1) is 0 Å². The van der Waals surface area contributed by atoms with Gasteiger partial charge in [-0.25, -0.2) is 9.59 Å². The monoisotopic (exact) mass is 466 g/mol. The summed E-state index contributed by atoms with van der Waals surface area (Å²) in [6.07, 6.45) is 0. The summed E-state index contributed by atoms with van der Waals surface area (Å²) < 4.78 is 10.4. The number of hydrogen-bond donors (Lipinski definition) is 1. The molecule has 2 aromatic carbocycles. The predicted octanol–water partition coefficient (Wildman–Crippen LogP) is 2.42. The predicted molar refractivity (Wildman–Crippen MR) is 117 cm³/mol. The van der Waals surface area contributed by atoms with Crippen LogP contribution < -0.4 is 5.32 Å². The molecule has 1 N–H and O–H groups in total. The Balaban J connectivity index is 1.94. The molecule has 0 unspecified atom stereocenters. The third-order valence-electron chi connectivity index (χ3n) is 6.27. The van der Waals surface area contributed by atoms with E-state index in [9.17, 15) is 29.3 Å². The van der Waals surface area contributed by atoms with Gasteiger partial charge in [0.25, 0.3) is 5.69 Å². The highest BCUT2D eigenvalue weighted by molar-refractivity contribution is 6.22. The van der Waals surface area contributed by atoms with E-state index in [1.165, 1.54) is 36.4 Å². The number of hydrogen-bond acceptors (Lipinski definition) is 9. The maximum atomic E-state index is 13.7. The first-order chi connectivity index (χ1) is 16.3. The van der Waals surface area contributed by atoms with Crippen LogP contribution in [0.15, 0.2) is 48.5 Å². The Morgan fingerprint density at radius 2 is 1.47 bits per heavy atom. The molecule has 0 spiro atoms. The zero-order chi connectivity index (χ0) is 24.6. The van der Waals surface area contributed by atoms with Crippen molar-refractivity contribution in [3.05, 3.63) is 75.3 Å². The number of non-ortho nitro benzene ring substituents is 1. The van der Waals surface area contributed by atoms with Crippen LogP contribution in [0.4, 0.5) is 5.69 Å². The van der Waals surface area contributed by atoms with Crippen LogP contribution in [0, 0.1) is 22.0 Å². The summed E-state index contributed by atoms with van der Waals surface area (Å²) in [4.78, 5) is 64.4. The molecule has 1 heterocycles. The lowest BCUT2D eigenvalue weighted by Gasteiger charge is -2.33. The first-order valence-corrected chi connectivity index (χ1v) is 10.8. The fourth-order valence-electron chi connectivity index (χ4n) is 4.85. The van der Waals surface area contributed by atoms with Crippen molar-refractivity contribution in [2.75, 3.05) is 13.2 Å². The van der Waals surface area contributed by atoms with Gasteiger partial charge in [0, 0.05) is 29.3 Å². The summed E-state index contributed by atoms with van der Waals surface area (Å²) >= 11 is 0. The van der Waals surface area contributed by atoms with Gasteiger partial charge in [-0.3, -0.25) is 25.0 Å². The smallest absolute Gasteiger partial charge is 0.338 e. The summed E-state index contributed by atoms with van der Waals surface area (Å²) in [5.74, 6) is -5.59. The number of rotatable bonds is 6. The topological polar surface area (TPSA) is 142 Å². The number of esters is 2. The van der Waals surface area contributed by atoms with Crippen molar-refractivity contribution in [3.8, 4) is 0 Å². The van der Waals surface area contributed by atoms with Crippen molar-refractivity contribution < 1.29 is 33.6 Å². The van der Waals surface area contributed by atoms with Crippen molar-refractivity contribution in [3.63, 3.8) is 0 Å². The number of benzene rings is 2. The van der Waals surface area contributed by atoms with Crippen LogP contribution in [-0.2, 0) is 19.1 Å². The highest BCUT2D eigenvalue weighted by Gasteiger charge is 2.70. The number of Topliss-reactive ketones (excluding diaryl/α,β-unsaturated/α-hetero) is 2. The highest BCUT2D eigenvalue weighted by Crippen LogP contribution is 2.50. The molecule has 4 rings (SSSR count). The Bertz CT molecular complexity index is 1170. The van der Waals surface area contributed by atoms with Crippen molar-refractivity contribution in [1.82, 2.24) is 5.32 Å². The summed E-state index contributed by atoms with van der Waals surface area (Å²) in [6, 6.07) is 10.6. The summed E-state index contributed by atoms with van der Waals surface area (Å²) in [6.45, 7) is 2.97. The van der Waals surface area contributed by atoms with Crippen LogP contribution in [0.25, 0.3) is 0 Å². The Morgan fingerprint density at radius 3 is 1.97 bits per heavy atom. The number of ketones is 2. The summed E-state index contributed by atoms with van der Waals surface area (Å²) in [5, 5.41) is 14.0. The maximum absolute atomic E-state index is 13.7. The molecule has 3 atom stereocenters. The van der Waals surface area contributed by atoms with E-state index in [0.29, 0.717) is 5.56 Å². The molecule has 0 bridgehead atoms. The van der Waals surface area contributed by atoms with E-state index in [1.54, 1.807) is 26.0 Å². The fraction of sp³-hybridized carbons (Fsp3) is 0.333. The number of fused-ring (bicyclic) bond motifs is 2. The van der Waals surface area contributed by atoms with Crippen molar-refractivity contribution in [2.45, 2.75) is 25.4 Å². The second-order valence-corrected chi connectivity index (χ2v) is 8.00. The average Bonchev–Trinajstić information content (AvgIpc) is 3.21. The van der Waals surface area contributed by atoms with Gasteiger partial charge in [0.1, 0.15) is 0 Å². The highest BCUT2D eigenvalue weighted by atomic mass is 16.6. The van der Waals surface area contributed by atoms with Crippen LogP contribution in [0.2, 0.25) is 0 Å². The number of nitro benzene ring substituents is 1. The Labute approximate surface area is 194 Å². The third kappa shape index (κ3) is 3.38. The van der Waals surface area contributed by atoms with E-state index >= 15 is 0 Å². The standard InChI is InChI=1S/C24H22N2O8/c1-3-33-22(29)24(23(30)34-4-2)18-17(20(27)15-7-5-6-8-16(15)21(18)28)19(25-24)13-9-11-14(12-10-13)26(31)32/h5-12,17-19,25H,3-4H2,1-2H3/t17-,18-,19-/m1/s1. The minimum absolute atomic E-state index is 0.0695. The number of nitrogens with zero attached hydrogens (tertiary/aromatic N) is 1. The molecule has 10 nitrogen and oxygen atoms in total. The molecular weight excluding hydrogens is 444 g/mol. The lowest BCUT2D eigenvalue weighted by molar-refractivity contribution is -0.384. The Kier molecular flexibility index (Phi) is 6.01. The molecule has 176 valence electrons. The maximum Gasteiger partial charge on any atom is 0.338 e. The average molecular weight is 466 g/mol. The molecule has 2 aromatic rings. The second-order valence-electron chi connectivity index (χ2n) is 8.00. The van der Waals surface area contributed by atoms with E-state index in [0.717, 1.165) is 0 Å². The minimum atomic E-state index is -2.26. The van der Waals surface area contributed by atoms with Gasteiger partial charge in [-0.1, -0.05) is 36.4 Å². The molecule has 0 aromatic heterocycles. The van der Waals surface area contributed by atoms with Crippen LogP contribution in [0.5, 0.6) is 0 Å². The van der Waals surface area contributed by atoms with E-state index in [2.05, 4.69) is 5.32 Å². The van der Waals surface area contributed by atoms with Crippen LogP contribution in [0.3, 0.4) is 0 Å². The quantitative estimate of drug-likeness (QED) is 0.294. The SMILES string of the molecule is CCOC(=O)C1(C(=O)OCC)N[C@H](c2ccc([N+](=O)[O-])cc2)[C@@H]2C(=O)c3ccccc3C(=O)[C@@H]21. The van der Waals surface area contributed by atoms with Gasteiger partial charge in [0.05, 0.1) is 30.0 Å². The van der Waals surface area contributed by atoms with Crippen LogP contribution in [0.1, 0.15) is 46.2 Å². The zero-order valence-electron chi connectivity index (χ0n) is 18.5. The van der Waals surface area contributed by atoms with Crippen LogP contribution in [-0.4, -0.2) is 47.2 Å². The zero-order valence-corrected chi connectivity index (χ0v) is 18.5. The Morgan fingerprint density at radius 1 is 0.941 bits per heavy atom. The number of carbonyl (C=O) groups excluding carboxylic acids is 4. The van der Waals surface area contributed by atoms with E-state index in [4.69, 9.17) is 9.47 Å². The molecule has 1 aliphatic carbocycles. The van der Waals surface area contributed by atoms with Gasteiger partial charge in [0.15, 0.2) is 11.6 Å². The second kappa shape index (κ2) is 8.79. The molecule has 1 aliphatic heterocycles. The van der Waals surface area contributed by atoms with E-state index in [-0.39, 0.29) is 30.0 Å².